The highest BCUT2D eigenvalue weighted by atomic mass is 19.4. The molecule has 2 heterocycles. The number of hydrogen-bond acceptors (Lipinski definition) is 3. The minimum atomic E-state index is -4.53. The van der Waals surface area contributed by atoms with Crippen LogP contribution in [0, 0.1) is 5.92 Å². The van der Waals surface area contributed by atoms with Crippen molar-refractivity contribution in [3.05, 3.63) is 29.7 Å². The molecule has 6 nitrogen and oxygen atoms in total. The maximum atomic E-state index is 12.4. The molecule has 0 radical (unpaired) electrons. The number of rotatable bonds is 4. The Morgan fingerprint density at radius 3 is 2.76 bits per heavy atom. The van der Waals surface area contributed by atoms with Crippen LogP contribution in [0.4, 0.5) is 19.0 Å². The summed E-state index contributed by atoms with van der Waals surface area (Å²) in [4.78, 5) is 11.9. The molecule has 0 atom stereocenters. The zero-order valence-electron chi connectivity index (χ0n) is 11.4. The molecule has 2 aromatic heterocycles. The van der Waals surface area contributed by atoms with Gasteiger partial charge in [0.05, 0.1) is 11.8 Å². The zero-order valence-corrected chi connectivity index (χ0v) is 11.4. The fraction of sp³-hybridized carbons (Fsp3) is 0.417. The molecule has 0 spiro atoms. The van der Waals surface area contributed by atoms with E-state index in [1.165, 1.54) is 12.4 Å². The van der Waals surface area contributed by atoms with Crippen LogP contribution in [0.3, 0.4) is 0 Å². The van der Waals surface area contributed by atoms with Crippen molar-refractivity contribution >= 4 is 11.7 Å². The molecule has 0 aliphatic carbocycles. The molecule has 0 aliphatic rings. The average Bonchev–Trinajstić information content (AvgIpc) is 2.96. The minimum absolute atomic E-state index is 0.191. The Morgan fingerprint density at radius 1 is 1.48 bits per heavy atom. The monoisotopic (exact) mass is 301 g/mol. The number of carbonyl (C=O) groups excluding carboxylic acids is 1. The molecule has 0 aliphatic heterocycles. The molecular weight excluding hydrogens is 287 g/mol. The van der Waals surface area contributed by atoms with Gasteiger partial charge in [-0.3, -0.25) is 14.6 Å². The normalized spacial score (nSPS) is 11.9. The minimum Gasteiger partial charge on any atom is -0.305 e. The summed E-state index contributed by atoms with van der Waals surface area (Å²) >= 11 is 0. The molecule has 0 fully saturated rings. The second-order valence-electron chi connectivity index (χ2n) is 4.96. The van der Waals surface area contributed by atoms with Crippen LogP contribution in [-0.2, 0) is 12.7 Å². The van der Waals surface area contributed by atoms with Gasteiger partial charge < -0.3 is 5.32 Å². The quantitative estimate of drug-likeness (QED) is 0.911. The lowest BCUT2D eigenvalue weighted by molar-refractivity contribution is -0.141. The maximum absolute atomic E-state index is 12.4. The first-order valence-electron chi connectivity index (χ1n) is 6.22. The van der Waals surface area contributed by atoms with Gasteiger partial charge in [0.25, 0.3) is 5.91 Å². The lowest BCUT2D eigenvalue weighted by atomic mass is 10.2. The molecular formula is C12H14F3N5O. The highest BCUT2D eigenvalue weighted by molar-refractivity contribution is 6.03. The third-order valence-electron chi connectivity index (χ3n) is 2.57. The molecule has 2 rings (SSSR count). The number of hydrogen-bond donors (Lipinski definition) is 2. The van der Waals surface area contributed by atoms with Gasteiger partial charge in [-0.15, -0.1) is 0 Å². The molecule has 114 valence electrons. The zero-order chi connectivity index (χ0) is 15.6. The number of aromatic nitrogens is 4. The van der Waals surface area contributed by atoms with E-state index in [2.05, 4.69) is 15.5 Å². The van der Waals surface area contributed by atoms with Crippen molar-refractivity contribution in [1.29, 1.82) is 0 Å². The molecule has 21 heavy (non-hydrogen) atoms. The molecule has 0 saturated heterocycles. The van der Waals surface area contributed by atoms with E-state index < -0.39 is 17.8 Å². The Labute approximate surface area is 118 Å². The van der Waals surface area contributed by atoms with Crippen LogP contribution in [-0.4, -0.2) is 25.9 Å². The van der Waals surface area contributed by atoms with Gasteiger partial charge in [-0.25, -0.2) is 0 Å². The lowest BCUT2D eigenvalue weighted by Crippen LogP contribution is -2.11. The Balaban J connectivity index is 2.04. The van der Waals surface area contributed by atoms with Crippen molar-refractivity contribution < 1.29 is 18.0 Å². The van der Waals surface area contributed by atoms with Crippen LogP contribution in [0.25, 0.3) is 0 Å². The van der Waals surface area contributed by atoms with Crippen LogP contribution in [0.1, 0.15) is 29.9 Å². The fourth-order valence-corrected chi connectivity index (χ4v) is 1.67. The third kappa shape index (κ3) is 3.83. The van der Waals surface area contributed by atoms with Gasteiger partial charge >= 0.3 is 6.18 Å². The summed E-state index contributed by atoms with van der Waals surface area (Å²) in [5.74, 6) is -0.393. The second kappa shape index (κ2) is 5.58. The largest absolute Gasteiger partial charge is 0.432 e. The third-order valence-corrected chi connectivity index (χ3v) is 2.57. The van der Waals surface area contributed by atoms with E-state index in [0.717, 1.165) is 6.07 Å². The second-order valence-corrected chi connectivity index (χ2v) is 4.96. The van der Waals surface area contributed by atoms with Crippen molar-refractivity contribution in [2.45, 2.75) is 26.6 Å². The number of carbonyl (C=O) groups is 1. The van der Waals surface area contributed by atoms with Gasteiger partial charge in [-0.05, 0) is 5.92 Å². The first-order chi connectivity index (χ1) is 9.75. The van der Waals surface area contributed by atoms with Crippen molar-refractivity contribution in [1.82, 2.24) is 20.0 Å². The van der Waals surface area contributed by atoms with E-state index >= 15 is 0 Å². The predicted molar refractivity (Wildman–Crippen MR) is 68.6 cm³/mol. The first-order valence-corrected chi connectivity index (χ1v) is 6.22. The molecule has 2 N–H and O–H groups in total. The van der Waals surface area contributed by atoms with E-state index in [1.807, 2.05) is 18.9 Å². The molecule has 2 aromatic rings. The Hall–Kier alpha value is -2.32. The summed E-state index contributed by atoms with van der Waals surface area (Å²) in [5.41, 5.74) is -0.763. The highest BCUT2D eigenvalue weighted by Gasteiger charge is 2.33. The number of anilines is 1. The number of amides is 1. The van der Waals surface area contributed by atoms with E-state index in [9.17, 15) is 18.0 Å². The van der Waals surface area contributed by atoms with Gasteiger partial charge in [-0.2, -0.15) is 23.4 Å². The van der Waals surface area contributed by atoms with Crippen LogP contribution < -0.4 is 5.32 Å². The molecule has 0 bridgehead atoms. The smallest absolute Gasteiger partial charge is 0.305 e. The summed E-state index contributed by atoms with van der Waals surface area (Å²) in [6.07, 6.45) is -1.64. The number of halogens is 3. The van der Waals surface area contributed by atoms with Crippen LogP contribution in [0.5, 0.6) is 0 Å². The number of nitrogens with one attached hydrogen (secondary N) is 2. The molecule has 0 unspecified atom stereocenters. The summed E-state index contributed by atoms with van der Waals surface area (Å²) < 4.78 is 38.8. The number of nitrogens with zero attached hydrogens (tertiary/aromatic N) is 3. The topological polar surface area (TPSA) is 75.6 Å². The maximum Gasteiger partial charge on any atom is 0.432 e. The van der Waals surface area contributed by atoms with E-state index in [0.29, 0.717) is 12.5 Å². The van der Waals surface area contributed by atoms with Crippen molar-refractivity contribution in [3.63, 3.8) is 0 Å². The van der Waals surface area contributed by atoms with E-state index in [1.54, 1.807) is 4.68 Å². The molecule has 0 aromatic carbocycles. The van der Waals surface area contributed by atoms with Crippen molar-refractivity contribution in [2.24, 2.45) is 5.92 Å². The van der Waals surface area contributed by atoms with Crippen LogP contribution in [0.15, 0.2) is 18.5 Å². The van der Waals surface area contributed by atoms with Gasteiger partial charge in [0.2, 0.25) is 0 Å². The summed E-state index contributed by atoms with van der Waals surface area (Å²) in [6, 6.07) is 0.733. The summed E-state index contributed by atoms with van der Waals surface area (Å²) in [5, 5.41) is 11.5. The lowest BCUT2D eigenvalue weighted by Gasteiger charge is -2.03. The fourth-order valence-electron chi connectivity index (χ4n) is 1.67. The molecule has 0 saturated carbocycles. The van der Waals surface area contributed by atoms with Gasteiger partial charge in [-0.1, -0.05) is 13.8 Å². The summed E-state index contributed by atoms with van der Waals surface area (Å²) in [7, 11) is 0. The van der Waals surface area contributed by atoms with Crippen molar-refractivity contribution in [2.75, 3.05) is 5.32 Å². The summed E-state index contributed by atoms with van der Waals surface area (Å²) in [6.45, 7) is 4.65. The standard InChI is InChI=1S/C12H14F3N5O/c1-7(2)5-20-6-8(4-16-20)11(21)17-10-3-9(18-19-10)12(13,14)15/h3-4,6-7H,5H2,1-2H3,(H2,17,18,19,21). The molecule has 1 amide bonds. The Bertz CT molecular complexity index is 629. The number of H-pyrrole nitrogens is 1. The van der Waals surface area contributed by atoms with E-state index in [-0.39, 0.29) is 11.4 Å². The first kappa shape index (κ1) is 15.1. The van der Waals surface area contributed by atoms with Crippen molar-refractivity contribution in [3.8, 4) is 0 Å². The Morgan fingerprint density at radius 2 is 2.19 bits per heavy atom. The van der Waals surface area contributed by atoms with Gasteiger partial charge in [0.15, 0.2) is 5.82 Å². The molecule has 9 heteroatoms. The SMILES string of the molecule is CC(C)Cn1cc(C(=O)Nc2cc(C(F)(F)F)[nH]n2)cn1. The highest BCUT2D eigenvalue weighted by Crippen LogP contribution is 2.28. The Kier molecular flexibility index (Phi) is 4.01. The van der Waals surface area contributed by atoms with Crippen LogP contribution >= 0.6 is 0 Å². The number of alkyl halides is 3. The average molecular weight is 301 g/mol. The predicted octanol–water partition coefficient (Wildman–Crippen LogP) is 2.53. The van der Waals surface area contributed by atoms with E-state index in [4.69, 9.17) is 0 Å². The van der Waals surface area contributed by atoms with Gasteiger partial charge in [0, 0.05) is 18.8 Å². The van der Waals surface area contributed by atoms with Gasteiger partial charge in [0.1, 0.15) is 5.69 Å². The number of aromatic amines is 1. The van der Waals surface area contributed by atoms with Crippen LogP contribution in [0.2, 0.25) is 0 Å².